The van der Waals surface area contributed by atoms with E-state index < -0.39 is 0 Å². The molecule has 0 bridgehead atoms. The first-order valence-corrected chi connectivity index (χ1v) is 7.59. The van der Waals surface area contributed by atoms with Gasteiger partial charge >= 0.3 is 0 Å². The van der Waals surface area contributed by atoms with Crippen molar-refractivity contribution in [2.45, 2.75) is 57.7 Å². The van der Waals surface area contributed by atoms with Crippen LogP contribution in [0.15, 0.2) is 35.9 Å². The zero-order valence-corrected chi connectivity index (χ0v) is 12.1. The molecule has 1 heterocycles. The summed E-state index contributed by atoms with van der Waals surface area (Å²) >= 11 is 0. The van der Waals surface area contributed by atoms with Crippen molar-refractivity contribution in [3.63, 3.8) is 0 Å². The SMILES string of the molecule is CC1(C)O[C@H]2CCCC[C@@H]2C/C1=C/c1ccccc1. The second-order valence-corrected chi connectivity index (χ2v) is 6.50. The average Bonchev–Trinajstić information content (AvgIpc) is 2.40. The van der Waals surface area contributed by atoms with E-state index in [0.29, 0.717) is 6.10 Å². The molecule has 1 aromatic rings. The maximum Gasteiger partial charge on any atom is 0.0842 e. The van der Waals surface area contributed by atoms with Crippen LogP contribution < -0.4 is 0 Å². The molecule has 0 amide bonds. The van der Waals surface area contributed by atoms with E-state index in [4.69, 9.17) is 4.74 Å². The number of rotatable bonds is 1. The number of ether oxygens (including phenoxy) is 1. The molecule has 0 radical (unpaired) electrons. The second kappa shape index (κ2) is 5.13. The molecule has 1 nitrogen and oxygen atoms in total. The van der Waals surface area contributed by atoms with Crippen molar-refractivity contribution in [3.05, 3.63) is 41.5 Å². The van der Waals surface area contributed by atoms with Gasteiger partial charge in [0.15, 0.2) is 0 Å². The minimum absolute atomic E-state index is 0.103. The third-order valence-corrected chi connectivity index (χ3v) is 4.68. The lowest BCUT2D eigenvalue weighted by molar-refractivity contribution is -0.114. The van der Waals surface area contributed by atoms with E-state index in [9.17, 15) is 0 Å². The van der Waals surface area contributed by atoms with Crippen LogP contribution in [0, 0.1) is 5.92 Å². The largest absolute Gasteiger partial charge is 0.368 e. The van der Waals surface area contributed by atoms with E-state index in [0.717, 1.165) is 5.92 Å². The molecule has 2 fully saturated rings. The van der Waals surface area contributed by atoms with E-state index in [1.807, 2.05) is 0 Å². The van der Waals surface area contributed by atoms with Crippen LogP contribution >= 0.6 is 0 Å². The zero-order valence-electron chi connectivity index (χ0n) is 12.1. The highest BCUT2D eigenvalue weighted by atomic mass is 16.5. The van der Waals surface area contributed by atoms with E-state index in [1.54, 1.807) is 0 Å². The Morgan fingerprint density at radius 2 is 1.84 bits per heavy atom. The van der Waals surface area contributed by atoms with Gasteiger partial charge in [-0.1, -0.05) is 49.2 Å². The maximum atomic E-state index is 6.39. The highest BCUT2D eigenvalue weighted by molar-refractivity contribution is 5.55. The summed E-state index contributed by atoms with van der Waals surface area (Å²) in [6.07, 6.45) is 9.37. The van der Waals surface area contributed by atoms with Crippen LogP contribution in [0.5, 0.6) is 0 Å². The topological polar surface area (TPSA) is 9.23 Å². The van der Waals surface area contributed by atoms with Crippen LogP contribution in [0.2, 0.25) is 0 Å². The fourth-order valence-corrected chi connectivity index (χ4v) is 3.53. The molecule has 0 aromatic heterocycles. The Labute approximate surface area is 116 Å². The molecule has 1 aliphatic heterocycles. The minimum Gasteiger partial charge on any atom is -0.368 e. The molecule has 2 atom stereocenters. The summed E-state index contributed by atoms with van der Waals surface area (Å²) in [4.78, 5) is 0. The van der Waals surface area contributed by atoms with Gasteiger partial charge in [-0.15, -0.1) is 0 Å². The van der Waals surface area contributed by atoms with Gasteiger partial charge in [0.05, 0.1) is 11.7 Å². The number of fused-ring (bicyclic) bond motifs is 1. The molecular formula is C18H24O. The standard InChI is InChI=1S/C18H24O/c1-18(2)16(12-14-8-4-3-5-9-14)13-15-10-6-7-11-17(15)19-18/h3-5,8-9,12,15,17H,6-7,10-11,13H2,1-2H3/b16-12-/t15-,17+/m1/s1. The van der Waals surface area contributed by atoms with Gasteiger partial charge in [0.2, 0.25) is 0 Å². The third-order valence-electron chi connectivity index (χ3n) is 4.68. The smallest absolute Gasteiger partial charge is 0.0842 e. The molecule has 3 rings (SSSR count). The lowest BCUT2D eigenvalue weighted by Gasteiger charge is -2.45. The maximum absolute atomic E-state index is 6.39. The van der Waals surface area contributed by atoms with E-state index in [-0.39, 0.29) is 5.60 Å². The lowest BCUT2D eigenvalue weighted by Crippen LogP contribution is -2.44. The number of benzene rings is 1. The van der Waals surface area contributed by atoms with Crippen LogP contribution in [-0.2, 0) is 4.74 Å². The highest BCUT2D eigenvalue weighted by Gasteiger charge is 2.39. The molecule has 102 valence electrons. The molecule has 0 unspecified atom stereocenters. The van der Waals surface area contributed by atoms with Crippen molar-refractivity contribution < 1.29 is 4.74 Å². The predicted octanol–water partition coefficient (Wildman–Crippen LogP) is 4.83. The van der Waals surface area contributed by atoms with Gasteiger partial charge in [-0.2, -0.15) is 0 Å². The number of hydrogen-bond acceptors (Lipinski definition) is 1. The Morgan fingerprint density at radius 1 is 1.11 bits per heavy atom. The molecule has 1 saturated carbocycles. The van der Waals surface area contributed by atoms with Gasteiger partial charge in [0.25, 0.3) is 0 Å². The van der Waals surface area contributed by atoms with Gasteiger partial charge in [-0.25, -0.2) is 0 Å². The quantitative estimate of drug-likeness (QED) is 0.699. The Kier molecular flexibility index (Phi) is 3.49. The van der Waals surface area contributed by atoms with E-state index in [2.05, 4.69) is 50.3 Å². The van der Waals surface area contributed by atoms with Gasteiger partial charge in [0.1, 0.15) is 0 Å². The predicted molar refractivity (Wildman–Crippen MR) is 79.9 cm³/mol. The molecule has 1 aliphatic carbocycles. The van der Waals surface area contributed by atoms with Crippen molar-refractivity contribution in [1.29, 1.82) is 0 Å². The molecule has 0 spiro atoms. The van der Waals surface area contributed by atoms with E-state index in [1.165, 1.54) is 43.2 Å². The van der Waals surface area contributed by atoms with Crippen molar-refractivity contribution >= 4 is 6.08 Å². The normalized spacial score (nSPS) is 32.0. The van der Waals surface area contributed by atoms with Gasteiger partial charge < -0.3 is 4.74 Å². The summed E-state index contributed by atoms with van der Waals surface area (Å²) in [5, 5.41) is 0. The first-order chi connectivity index (χ1) is 9.15. The fraction of sp³-hybridized carbons (Fsp3) is 0.556. The van der Waals surface area contributed by atoms with Gasteiger partial charge in [0, 0.05) is 0 Å². The summed E-state index contributed by atoms with van der Waals surface area (Å²) in [5.74, 6) is 0.747. The third kappa shape index (κ3) is 2.76. The summed E-state index contributed by atoms with van der Waals surface area (Å²) < 4.78 is 6.39. The van der Waals surface area contributed by atoms with E-state index >= 15 is 0 Å². The first kappa shape index (κ1) is 12.9. The Balaban J connectivity index is 1.86. The molecule has 0 N–H and O–H groups in total. The first-order valence-electron chi connectivity index (χ1n) is 7.59. The van der Waals surface area contributed by atoms with Crippen LogP contribution in [0.1, 0.15) is 51.5 Å². The van der Waals surface area contributed by atoms with Crippen LogP contribution in [0.25, 0.3) is 6.08 Å². The summed E-state index contributed by atoms with van der Waals surface area (Å²) in [7, 11) is 0. The molecular weight excluding hydrogens is 232 g/mol. The van der Waals surface area contributed by atoms with Crippen molar-refractivity contribution in [2.75, 3.05) is 0 Å². The Bertz CT molecular complexity index is 458. The van der Waals surface area contributed by atoms with Gasteiger partial charge in [-0.05, 0) is 50.2 Å². The number of hydrogen-bond donors (Lipinski definition) is 0. The van der Waals surface area contributed by atoms with Crippen molar-refractivity contribution in [2.24, 2.45) is 5.92 Å². The Hall–Kier alpha value is -1.08. The fourth-order valence-electron chi connectivity index (χ4n) is 3.53. The molecule has 1 aromatic carbocycles. The van der Waals surface area contributed by atoms with Crippen LogP contribution in [-0.4, -0.2) is 11.7 Å². The highest BCUT2D eigenvalue weighted by Crippen LogP contribution is 2.43. The molecule has 19 heavy (non-hydrogen) atoms. The minimum atomic E-state index is -0.103. The Morgan fingerprint density at radius 3 is 2.63 bits per heavy atom. The van der Waals surface area contributed by atoms with Gasteiger partial charge in [-0.3, -0.25) is 0 Å². The van der Waals surface area contributed by atoms with Crippen LogP contribution in [0.4, 0.5) is 0 Å². The zero-order chi connectivity index (χ0) is 13.3. The van der Waals surface area contributed by atoms with Crippen LogP contribution in [0.3, 0.4) is 0 Å². The van der Waals surface area contributed by atoms with Crippen molar-refractivity contribution in [1.82, 2.24) is 0 Å². The molecule has 1 heteroatoms. The van der Waals surface area contributed by atoms with Crippen molar-refractivity contribution in [3.8, 4) is 0 Å². The summed E-state index contributed by atoms with van der Waals surface area (Å²) in [6, 6.07) is 10.6. The summed E-state index contributed by atoms with van der Waals surface area (Å²) in [6.45, 7) is 4.46. The lowest BCUT2D eigenvalue weighted by atomic mass is 9.75. The average molecular weight is 256 g/mol. The monoisotopic (exact) mass is 256 g/mol. The molecule has 2 aliphatic rings. The molecule has 1 saturated heterocycles. The summed E-state index contributed by atoms with van der Waals surface area (Å²) in [5.41, 5.74) is 2.65. The second-order valence-electron chi connectivity index (χ2n) is 6.50.